The third-order valence-electron chi connectivity index (χ3n) is 3.40. The summed E-state index contributed by atoms with van der Waals surface area (Å²) in [5, 5.41) is 2.91. The van der Waals surface area contributed by atoms with E-state index < -0.39 is 5.92 Å². The van der Waals surface area contributed by atoms with E-state index in [2.05, 4.69) is 5.32 Å². The van der Waals surface area contributed by atoms with Crippen LogP contribution in [0.3, 0.4) is 0 Å². The van der Waals surface area contributed by atoms with Crippen molar-refractivity contribution in [2.24, 2.45) is 0 Å². The van der Waals surface area contributed by atoms with Crippen LogP contribution in [-0.4, -0.2) is 25.3 Å². The first kappa shape index (κ1) is 13.4. The van der Waals surface area contributed by atoms with Gasteiger partial charge in [0.15, 0.2) is 0 Å². The van der Waals surface area contributed by atoms with E-state index in [0.717, 1.165) is 12.0 Å². The number of alkyl halides is 2. The maximum Gasteiger partial charge on any atom is 0.285 e. The molecule has 2 rings (SSSR count). The maximum absolute atomic E-state index is 14.0. The molecule has 2 atom stereocenters. The van der Waals surface area contributed by atoms with E-state index in [-0.39, 0.29) is 24.3 Å². The van der Waals surface area contributed by atoms with Gasteiger partial charge >= 0.3 is 0 Å². The Labute approximate surface area is 106 Å². The Bertz CT molecular complexity index is 409. The summed E-state index contributed by atoms with van der Waals surface area (Å²) in [6.07, 6.45) is 0.809. The van der Waals surface area contributed by atoms with Gasteiger partial charge in [-0.05, 0) is 20.3 Å². The van der Waals surface area contributed by atoms with Gasteiger partial charge in [0.05, 0.1) is 12.6 Å². The zero-order valence-electron chi connectivity index (χ0n) is 10.7. The summed E-state index contributed by atoms with van der Waals surface area (Å²) in [4.78, 5) is 0. The van der Waals surface area contributed by atoms with Gasteiger partial charge < -0.3 is 10.1 Å². The molecule has 1 aromatic carbocycles. The Morgan fingerprint density at radius 2 is 2.22 bits per heavy atom. The van der Waals surface area contributed by atoms with Crippen molar-refractivity contribution in [3.05, 3.63) is 35.4 Å². The fourth-order valence-electron chi connectivity index (χ4n) is 2.23. The van der Waals surface area contributed by atoms with Gasteiger partial charge in [-0.15, -0.1) is 0 Å². The third-order valence-corrected chi connectivity index (χ3v) is 3.40. The summed E-state index contributed by atoms with van der Waals surface area (Å²) in [7, 11) is 0. The van der Waals surface area contributed by atoms with Crippen molar-refractivity contribution in [2.45, 2.75) is 38.3 Å². The maximum atomic E-state index is 14.0. The number of hydrogen-bond acceptors (Lipinski definition) is 2. The molecule has 0 amide bonds. The summed E-state index contributed by atoms with van der Waals surface area (Å²) >= 11 is 0. The molecule has 2 nitrogen and oxygen atoms in total. The van der Waals surface area contributed by atoms with Crippen LogP contribution in [-0.2, 0) is 10.7 Å². The Hall–Kier alpha value is -1.00. The largest absolute Gasteiger partial charge is 0.377 e. The molecular weight excluding hydrogens is 236 g/mol. The molecule has 0 aromatic heterocycles. The molecule has 1 saturated heterocycles. The van der Waals surface area contributed by atoms with Crippen molar-refractivity contribution in [3.63, 3.8) is 0 Å². The number of hydrogen-bond donors (Lipinski definition) is 1. The molecule has 1 N–H and O–H groups in total. The van der Waals surface area contributed by atoms with E-state index in [1.54, 1.807) is 6.07 Å². The first-order valence-electron chi connectivity index (χ1n) is 6.29. The number of benzene rings is 1. The van der Waals surface area contributed by atoms with Gasteiger partial charge in [-0.1, -0.05) is 29.8 Å². The highest BCUT2D eigenvalue weighted by molar-refractivity contribution is 5.26. The zero-order chi connectivity index (χ0) is 13.2. The minimum atomic E-state index is -2.84. The molecule has 0 spiro atoms. The minimum Gasteiger partial charge on any atom is -0.377 e. The van der Waals surface area contributed by atoms with Gasteiger partial charge in [-0.2, -0.15) is 8.78 Å². The van der Waals surface area contributed by atoms with Crippen molar-refractivity contribution >= 4 is 0 Å². The van der Waals surface area contributed by atoms with Crippen molar-refractivity contribution < 1.29 is 13.5 Å². The predicted molar refractivity (Wildman–Crippen MR) is 66.9 cm³/mol. The minimum absolute atomic E-state index is 0.0123. The summed E-state index contributed by atoms with van der Waals surface area (Å²) in [6, 6.07) is 6.53. The SMILES string of the molecule is Cc1cccc(C(F)(F)CNC2CCOC2C)c1. The molecule has 4 heteroatoms. The quantitative estimate of drug-likeness (QED) is 0.893. The van der Waals surface area contributed by atoms with Gasteiger partial charge in [0, 0.05) is 18.2 Å². The molecule has 0 radical (unpaired) electrons. The predicted octanol–water partition coefficient (Wildman–Crippen LogP) is 2.85. The lowest BCUT2D eigenvalue weighted by Gasteiger charge is -2.22. The average molecular weight is 255 g/mol. The van der Waals surface area contributed by atoms with Crippen molar-refractivity contribution in [1.29, 1.82) is 0 Å². The lowest BCUT2D eigenvalue weighted by atomic mass is 10.0. The topological polar surface area (TPSA) is 21.3 Å². The number of nitrogens with one attached hydrogen (secondary N) is 1. The highest BCUT2D eigenvalue weighted by Gasteiger charge is 2.34. The van der Waals surface area contributed by atoms with Gasteiger partial charge in [0.1, 0.15) is 0 Å². The molecule has 1 fully saturated rings. The van der Waals surface area contributed by atoms with E-state index >= 15 is 0 Å². The van der Waals surface area contributed by atoms with Crippen LogP contribution >= 0.6 is 0 Å². The molecule has 0 bridgehead atoms. The third kappa shape index (κ3) is 3.06. The second kappa shape index (κ2) is 5.33. The molecule has 2 unspecified atom stereocenters. The van der Waals surface area contributed by atoms with E-state index in [9.17, 15) is 8.78 Å². The van der Waals surface area contributed by atoms with E-state index in [1.165, 1.54) is 12.1 Å². The summed E-state index contributed by atoms with van der Waals surface area (Å²) in [5.41, 5.74) is 0.923. The van der Waals surface area contributed by atoms with E-state index in [4.69, 9.17) is 4.74 Å². The van der Waals surface area contributed by atoms with Gasteiger partial charge in [0.25, 0.3) is 5.92 Å². The molecule has 1 aromatic rings. The molecule has 1 aliphatic heterocycles. The van der Waals surface area contributed by atoms with Crippen LogP contribution in [0.2, 0.25) is 0 Å². The number of halogens is 2. The monoisotopic (exact) mass is 255 g/mol. The van der Waals surface area contributed by atoms with E-state index in [0.29, 0.717) is 6.61 Å². The normalized spacial score (nSPS) is 24.4. The van der Waals surface area contributed by atoms with Crippen molar-refractivity contribution in [2.75, 3.05) is 13.2 Å². The second-order valence-corrected chi connectivity index (χ2v) is 4.93. The van der Waals surface area contributed by atoms with Gasteiger partial charge in [-0.3, -0.25) is 0 Å². The fourth-order valence-corrected chi connectivity index (χ4v) is 2.23. The number of aryl methyl sites for hydroxylation is 1. The highest BCUT2D eigenvalue weighted by atomic mass is 19.3. The average Bonchev–Trinajstić information content (AvgIpc) is 2.72. The van der Waals surface area contributed by atoms with Crippen LogP contribution in [0.1, 0.15) is 24.5 Å². The van der Waals surface area contributed by atoms with Crippen LogP contribution in [0.4, 0.5) is 8.78 Å². The summed E-state index contributed by atoms with van der Waals surface area (Å²) in [5.74, 6) is -2.84. The van der Waals surface area contributed by atoms with Crippen molar-refractivity contribution in [1.82, 2.24) is 5.32 Å². The zero-order valence-corrected chi connectivity index (χ0v) is 10.7. The Morgan fingerprint density at radius 3 is 2.83 bits per heavy atom. The first-order valence-corrected chi connectivity index (χ1v) is 6.29. The standard InChI is InChI=1S/C14H19F2NO/c1-10-4-3-5-12(8-10)14(15,16)9-17-13-6-7-18-11(13)2/h3-5,8,11,13,17H,6-7,9H2,1-2H3. The number of rotatable bonds is 4. The lowest BCUT2D eigenvalue weighted by Crippen LogP contribution is -2.41. The molecular formula is C14H19F2NO. The fraction of sp³-hybridized carbons (Fsp3) is 0.571. The van der Waals surface area contributed by atoms with Crippen molar-refractivity contribution in [3.8, 4) is 0 Å². The Morgan fingerprint density at radius 1 is 1.44 bits per heavy atom. The molecule has 1 heterocycles. The molecule has 100 valence electrons. The smallest absolute Gasteiger partial charge is 0.285 e. The first-order chi connectivity index (χ1) is 8.49. The van der Waals surface area contributed by atoms with Crippen LogP contribution in [0, 0.1) is 6.92 Å². The molecule has 1 aliphatic rings. The van der Waals surface area contributed by atoms with Crippen LogP contribution < -0.4 is 5.32 Å². The van der Waals surface area contributed by atoms with Crippen LogP contribution in [0.25, 0.3) is 0 Å². The Kier molecular flexibility index (Phi) is 3.97. The summed E-state index contributed by atoms with van der Waals surface area (Å²) in [6.45, 7) is 4.04. The number of ether oxygens (including phenoxy) is 1. The van der Waals surface area contributed by atoms with Crippen LogP contribution in [0.5, 0.6) is 0 Å². The van der Waals surface area contributed by atoms with Gasteiger partial charge in [-0.25, -0.2) is 0 Å². The van der Waals surface area contributed by atoms with Crippen LogP contribution in [0.15, 0.2) is 24.3 Å². The van der Waals surface area contributed by atoms with Gasteiger partial charge in [0.2, 0.25) is 0 Å². The molecule has 0 saturated carbocycles. The molecule has 18 heavy (non-hydrogen) atoms. The lowest BCUT2D eigenvalue weighted by molar-refractivity contribution is -0.00813. The highest BCUT2D eigenvalue weighted by Crippen LogP contribution is 2.28. The second-order valence-electron chi connectivity index (χ2n) is 4.93. The Balaban J connectivity index is 1.98. The van der Waals surface area contributed by atoms with E-state index in [1.807, 2.05) is 19.9 Å². The molecule has 0 aliphatic carbocycles. The summed E-state index contributed by atoms with van der Waals surface area (Å²) < 4.78 is 33.4.